The monoisotopic (exact) mass is 344 g/mol. The first-order valence-electron chi connectivity index (χ1n) is 6.12. The van der Waals surface area contributed by atoms with E-state index in [2.05, 4.69) is 21.2 Å². The summed E-state index contributed by atoms with van der Waals surface area (Å²) >= 11 is 3.04. The minimum absolute atomic E-state index is 0.0850. The maximum absolute atomic E-state index is 13.1. The lowest BCUT2D eigenvalue weighted by Crippen LogP contribution is -2.33. The fourth-order valence-corrected chi connectivity index (χ4v) is 2.61. The summed E-state index contributed by atoms with van der Waals surface area (Å²) < 4.78 is 13.4. The predicted molar refractivity (Wildman–Crippen MR) is 75.0 cm³/mol. The smallest absolute Gasteiger partial charge is 0.321 e. The first-order chi connectivity index (χ1) is 9.38. The third-order valence-corrected chi connectivity index (χ3v) is 4.00. The van der Waals surface area contributed by atoms with Crippen molar-refractivity contribution in [2.75, 3.05) is 18.4 Å². The highest BCUT2D eigenvalue weighted by molar-refractivity contribution is 9.10. The van der Waals surface area contributed by atoms with E-state index >= 15 is 0 Å². The molecule has 2 amide bonds. The number of carboxylic acids is 1. The maximum atomic E-state index is 13.1. The summed E-state index contributed by atoms with van der Waals surface area (Å²) in [4.78, 5) is 24.5. The Kier molecular flexibility index (Phi) is 4.27. The molecule has 0 spiro atoms. The highest BCUT2D eigenvalue weighted by atomic mass is 79.9. The van der Waals surface area contributed by atoms with Crippen LogP contribution in [0.15, 0.2) is 22.7 Å². The Hall–Kier alpha value is -1.63. The summed E-state index contributed by atoms with van der Waals surface area (Å²) in [5.41, 5.74) is 0.453. The Balaban J connectivity index is 2.02. The molecule has 2 rings (SSSR count). The number of likely N-dealkylation sites (tertiary alicyclic amines) is 1. The highest BCUT2D eigenvalue weighted by Gasteiger charge is 2.36. The van der Waals surface area contributed by atoms with Crippen LogP contribution in [0.5, 0.6) is 0 Å². The van der Waals surface area contributed by atoms with E-state index < -0.39 is 17.7 Å². The van der Waals surface area contributed by atoms with Crippen molar-refractivity contribution in [3.8, 4) is 0 Å². The highest BCUT2D eigenvalue weighted by Crippen LogP contribution is 2.25. The second kappa shape index (κ2) is 5.78. The van der Waals surface area contributed by atoms with Gasteiger partial charge in [-0.3, -0.25) is 4.79 Å². The quantitative estimate of drug-likeness (QED) is 0.866. The van der Waals surface area contributed by atoms with Gasteiger partial charge in [-0.15, -0.1) is 0 Å². The number of carbonyl (C=O) groups excluding carboxylic acids is 1. The second-order valence-electron chi connectivity index (χ2n) is 4.89. The minimum Gasteiger partial charge on any atom is -0.481 e. The standard InChI is InChI=1S/C13H14BrFN2O3/c1-7-5-17(6-9(7)12(18)19)13(20)16-8-2-3-11(15)10(14)4-8/h2-4,7,9H,5-6H2,1H3,(H,16,20)(H,18,19)/t7-,9-/m1/s1. The van der Waals surface area contributed by atoms with Gasteiger partial charge in [0.1, 0.15) is 5.82 Å². The lowest BCUT2D eigenvalue weighted by Gasteiger charge is -2.17. The zero-order valence-electron chi connectivity index (χ0n) is 10.8. The molecular formula is C13H14BrFN2O3. The largest absolute Gasteiger partial charge is 0.481 e. The van der Waals surface area contributed by atoms with Crippen LogP contribution in [-0.4, -0.2) is 35.1 Å². The van der Waals surface area contributed by atoms with E-state index in [1.165, 1.54) is 23.1 Å². The molecule has 1 saturated heterocycles. The lowest BCUT2D eigenvalue weighted by atomic mass is 9.99. The molecule has 7 heteroatoms. The van der Waals surface area contributed by atoms with Gasteiger partial charge in [-0.2, -0.15) is 0 Å². The number of hydrogen-bond donors (Lipinski definition) is 2. The summed E-state index contributed by atoms with van der Waals surface area (Å²) in [6, 6.07) is 3.78. The van der Waals surface area contributed by atoms with E-state index in [4.69, 9.17) is 5.11 Å². The fourth-order valence-electron chi connectivity index (χ4n) is 2.23. The number of nitrogens with zero attached hydrogens (tertiary/aromatic N) is 1. The molecule has 0 aliphatic carbocycles. The SMILES string of the molecule is C[C@@H]1CN(C(=O)Nc2ccc(F)c(Br)c2)C[C@H]1C(=O)O. The van der Waals surface area contributed by atoms with Gasteiger partial charge >= 0.3 is 12.0 Å². The Bertz CT molecular complexity index is 552. The number of carboxylic acid groups (broad SMARTS) is 1. The number of aliphatic carboxylic acids is 1. The zero-order valence-corrected chi connectivity index (χ0v) is 12.4. The Morgan fingerprint density at radius 1 is 1.45 bits per heavy atom. The van der Waals surface area contributed by atoms with Crippen LogP contribution < -0.4 is 5.32 Å². The summed E-state index contributed by atoms with van der Waals surface area (Å²) in [6.45, 7) is 2.39. The summed E-state index contributed by atoms with van der Waals surface area (Å²) in [5, 5.41) is 11.7. The van der Waals surface area contributed by atoms with E-state index in [0.717, 1.165) is 0 Å². The van der Waals surface area contributed by atoms with Crippen molar-refractivity contribution in [3.63, 3.8) is 0 Å². The normalized spacial score (nSPS) is 21.9. The van der Waals surface area contributed by atoms with Crippen molar-refractivity contribution < 1.29 is 19.1 Å². The van der Waals surface area contributed by atoms with Crippen LogP contribution in [0.2, 0.25) is 0 Å². The van der Waals surface area contributed by atoms with Gasteiger partial charge in [-0.05, 0) is 40.0 Å². The third kappa shape index (κ3) is 3.09. The van der Waals surface area contributed by atoms with Crippen LogP contribution in [0, 0.1) is 17.7 Å². The van der Waals surface area contributed by atoms with E-state index in [0.29, 0.717) is 12.2 Å². The summed E-state index contributed by atoms with van der Waals surface area (Å²) in [6.07, 6.45) is 0. The topological polar surface area (TPSA) is 69.6 Å². The number of urea groups is 1. The van der Waals surface area contributed by atoms with Crippen LogP contribution in [0.4, 0.5) is 14.9 Å². The van der Waals surface area contributed by atoms with E-state index in [9.17, 15) is 14.0 Å². The van der Waals surface area contributed by atoms with Crippen LogP contribution in [0.25, 0.3) is 0 Å². The average molecular weight is 345 g/mol. The molecule has 1 aromatic rings. The minimum atomic E-state index is -0.891. The molecule has 20 heavy (non-hydrogen) atoms. The lowest BCUT2D eigenvalue weighted by molar-refractivity contribution is -0.142. The maximum Gasteiger partial charge on any atom is 0.321 e. The van der Waals surface area contributed by atoms with Gasteiger partial charge in [0, 0.05) is 18.8 Å². The van der Waals surface area contributed by atoms with Crippen LogP contribution in [0.1, 0.15) is 6.92 Å². The number of amides is 2. The van der Waals surface area contributed by atoms with Gasteiger partial charge in [-0.25, -0.2) is 9.18 Å². The molecule has 1 fully saturated rings. The Morgan fingerprint density at radius 3 is 2.70 bits per heavy atom. The molecule has 2 N–H and O–H groups in total. The molecule has 1 heterocycles. The molecule has 108 valence electrons. The van der Waals surface area contributed by atoms with Crippen molar-refractivity contribution in [1.82, 2.24) is 4.90 Å². The summed E-state index contributed by atoms with van der Waals surface area (Å²) in [5.74, 6) is -1.93. The number of carbonyl (C=O) groups is 2. The van der Waals surface area contributed by atoms with E-state index in [1.807, 2.05) is 0 Å². The van der Waals surface area contributed by atoms with Crippen LogP contribution >= 0.6 is 15.9 Å². The molecule has 0 aromatic heterocycles. The molecule has 0 unspecified atom stereocenters. The number of anilines is 1. The molecule has 1 aliphatic heterocycles. The number of nitrogens with one attached hydrogen (secondary N) is 1. The van der Waals surface area contributed by atoms with Gasteiger partial charge in [-0.1, -0.05) is 6.92 Å². The van der Waals surface area contributed by atoms with Crippen molar-refractivity contribution in [2.45, 2.75) is 6.92 Å². The van der Waals surface area contributed by atoms with Crippen molar-refractivity contribution in [3.05, 3.63) is 28.5 Å². The fraction of sp³-hybridized carbons (Fsp3) is 0.385. The zero-order chi connectivity index (χ0) is 14.9. The second-order valence-corrected chi connectivity index (χ2v) is 5.74. The van der Waals surface area contributed by atoms with Crippen molar-refractivity contribution in [2.24, 2.45) is 11.8 Å². The molecule has 0 bridgehead atoms. The molecule has 2 atom stereocenters. The molecule has 1 aliphatic rings. The Morgan fingerprint density at radius 2 is 2.15 bits per heavy atom. The number of benzene rings is 1. The first kappa shape index (κ1) is 14.8. The number of halogens is 2. The average Bonchev–Trinajstić information content (AvgIpc) is 2.76. The van der Waals surface area contributed by atoms with Gasteiger partial charge in [0.25, 0.3) is 0 Å². The van der Waals surface area contributed by atoms with Gasteiger partial charge in [0.2, 0.25) is 0 Å². The van der Waals surface area contributed by atoms with E-state index in [-0.39, 0.29) is 23.0 Å². The first-order valence-corrected chi connectivity index (χ1v) is 6.91. The van der Waals surface area contributed by atoms with Crippen LogP contribution in [-0.2, 0) is 4.79 Å². The molecule has 1 aromatic carbocycles. The van der Waals surface area contributed by atoms with Crippen LogP contribution in [0.3, 0.4) is 0 Å². The number of hydrogen-bond acceptors (Lipinski definition) is 2. The molecule has 5 nitrogen and oxygen atoms in total. The molecule has 0 radical (unpaired) electrons. The van der Waals surface area contributed by atoms with Gasteiger partial charge in [0.05, 0.1) is 10.4 Å². The number of rotatable bonds is 2. The summed E-state index contributed by atoms with van der Waals surface area (Å²) in [7, 11) is 0. The third-order valence-electron chi connectivity index (χ3n) is 3.39. The Labute approximate surface area is 123 Å². The van der Waals surface area contributed by atoms with Crippen molar-refractivity contribution in [1.29, 1.82) is 0 Å². The van der Waals surface area contributed by atoms with Gasteiger partial charge < -0.3 is 15.3 Å². The molecular weight excluding hydrogens is 331 g/mol. The van der Waals surface area contributed by atoms with Crippen molar-refractivity contribution >= 4 is 33.6 Å². The predicted octanol–water partition coefficient (Wildman–Crippen LogP) is 2.77. The van der Waals surface area contributed by atoms with Gasteiger partial charge in [0.15, 0.2) is 0 Å². The van der Waals surface area contributed by atoms with E-state index in [1.54, 1.807) is 6.92 Å². The molecule has 0 saturated carbocycles.